The van der Waals surface area contributed by atoms with Crippen molar-refractivity contribution in [3.05, 3.63) is 23.8 Å². The van der Waals surface area contributed by atoms with E-state index in [0.29, 0.717) is 43.2 Å². The number of rotatable bonds is 2. The molecule has 2 fully saturated rings. The third-order valence-electron chi connectivity index (χ3n) is 5.44. The lowest BCUT2D eigenvalue weighted by Gasteiger charge is -2.36. The Balaban J connectivity index is 1.38. The first-order chi connectivity index (χ1) is 12.6. The molecule has 0 spiro atoms. The average molecular weight is 373 g/mol. The Morgan fingerprint density at radius 3 is 2.46 bits per heavy atom. The molecule has 26 heavy (non-hydrogen) atoms. The molecule has 0 bridgehead atoms. The van der Waals surface area contributed by atoms with E-state index in [0.717, 1.165) is 30.6 Å². The van der Waals surface area contributed by atoms with Gasteiger partial charge in [0.2, 0.25) is 11.8 Å². The zero-order valence-electron chi connectivity index (χ0n) is 14.7. The lowest BCUT2D eigenvalue weighted by atomic mass is 10.1. The molecule has 0 radical (unpaired) electrons. The molecular formula is C19H23N3O3S. The van der Waals surface area contributed by atoms with Crippen LogP contribution in [-0.4, -0.2) is 59.5 Å². The fraction of sp³-hybridized carbons (Fsp3) is 0.526. The Labute approximate surface area is 157 Å². The highest BCUT2D eigenvalue weighted by molar-refractivity contribution is 8.00. The summed E-state index contributed by atoms with van der Waals surface area (Å²) >= 11 is 1.49. The summed E-state index contributed by atoms with van der Waals surface area (Å²) < 4.78 is 0. The molecule has 4 rings (SSSR count). The zero-order chi connectivity index (χ0) is 18.1. The smallest absolute Gasteiger partial charge is 0.254 e. The number of carbonyl (C=O) groups excluding carboxylic acids is 3. The normalized spacial score (nSPS) is 20.7. The van der Waals surface area contributed by atoms with Crippen LogP contribution in [0.25, 0.3) is 0 Å². The second-order valence-corrected chi connectivity index (χ2v) is 8.16. The molecule has 0 aromatic heterocycles. The Morgan fingerprint density at radius 1 is 1.04 bits per heavy atom. The van der Waals surface area contributed by atoms with Gasteiger partial charge < -0.3 is 15.1 Å². The Morgan fingerprint density at radius 2 is 1.73 bits per heavy atom. The number of benzene rings is 1. The van der Waals surface area contributed by atoms with E-state index >= 15 is 0 Å². The highest BCUT2D eigenvalue weighted by Gasteiger charge is 2.31. The maximum absolute atomic E-state index is 12.8. The van der Waals surface area contributed by atoms with Gasteiger partial charge in [-0.15, -0.1) is 11.8 Å². The minimum Gasteiger partial charge on any atom is -0.339 e. The molecule has 1 aromatic carbocycles. The van der Waals surface area contributed by atoms with Crippen LogP contribution in [0, 0.1) is 5.92 Å². The highest BCUT2D eigenvalue weighted by Crippen LogP contribution is 2.32. The van der Waals surface area contributed by atoms with Crippen molar-refractivity contribution >= 4 is 35.2 Å². The molecule has 7 heteroatoms. The standard InChI is InChI=1S/C19H23N3O3S/c23-17-12-26-16-6-5-14(11-15(16)20-17)19(25)22-9-7-21(8-10-22)18(24)13-3-1-2-4-13/h5-6,11,13H,1-4,7-10,12H2,(H,20,23). The topological polar surface area (TPSA) is 69.7 Å². The minimum absolute atomic E-state index is 0.0360. The van der Waals surface area contributed by atoms with Gasteiger partial charge in [0, 0.05) is 42.6 Å². The van der Waals surface area contributed by atoms with E-state index in [-0.39, 0.29) is 23.6 Å². The molecule has 1 saturated carbocycles. The molecule has 1 aliphatic carbocycles. The van der Waals surface area contributed by atoms with E-state index in [4.69, 9.17) is 0 Å². The number of nitrogens with one attached hydrogen (secondary N) is 1. The van der Waals surface area contributed by atoms with Crippen LogP contribution in [0.15, 0.2) is 23.1 Å². The third kappa shape index (κ3) is 3.45. The molecule has 0 atom stereocenters. The van der Waals surface area contributed by atoms with Gasteiger partial charge in [-0.3, -0.25) is 14.4 Å². The number of fused-ring (bicyclic) bond motifs is 1. The van der Waals surface area contributed by atoms with Crippen LogP contribution >= 0.6 is 11.8 Å². The maximum Gasteiger partial charge on any atom is 0.254 e. The lowest BCUT2D eigenvalue weighted by molar-refractivity contribution is -0.136. The predicted molar refractivity (Wildman–Crippen MR) is 100 cm³/mol. The fourth-order valence-electron chi connectivity index (χ4n) is 3.96. The second-order valence-electron chi connectivity index (χ2n) is 7.15. The number of amides is 3. The molecule has 3 aliphatic rings. The van der Waals surface area contributed by atoms with Crippen LogP contribution in [0.3, 0.4) is 0 Å². The number of thioether (sulfide) groups is 1. The fourth-order valence-corrected chi connectivity index (χ4v) is 4.75. The van der Waals surface area contributed by atoms with Gasteiger partial charge in [-0.25, -0.2) is 0 Å². The van der Waals surface area contributed by atoms with Crippen molar-refractivity contribution < 1.29 is 14.4 Å². The molecular weight excluding hydrogens is 350 g/mol. The summed E-state index contributed by atoms with van der Waals surface area (Å²) in [5, 5.41) is 2.83. The summed E-state index contributed by atoms with van der Waals surface area (Å²) in [6.07, 6.45) is 4.33. The van der Waals surface area contributed by atoms with Gasteiger partial charge in [0.15, 0.2) is 0 Å². The van der Waals surface area contributed by atoms with Crippen LogP contribution in [0.1, 0.15) is 36.0 Å². The van der Waals surface area contributed by atoms with E-state index in [1.165, 1.54) is 11.8 Å². The first-order valence-electron chi connectivity index (χ1n) is 9.26. The van der Waals surface area contributed by atoms with Crippen LogP contribution in [-0.2, 0) is 9.59 Å². The van der Waals surface area contributed by atoms with Gasteiger partial charge in [-0.05, 0) is 31.0 Å². The number of piperazine rings is 1. The summed E-state index contributed by atoms with van der Waals surface area (Å²) in [7, 11) is 0. The van der Waals surface area contributed by atoms with E-state index in [1.54, 1.807) is 11.0 Å². The molecule has 2 aliphatic heterocycles. The van der Waals surface area contributed by atoms with E-state index in [1.807, 2.05) is 17.0 Å². The third-order valence-corrected chi connectivity index (χ3v) is 6.52. The van der Waals surface area contributed by atoms with Crippen LogP contribution in [0.2, 0.25) is 0 Å². The Hall–Kier alpha value is -2.02. The number of hydrogen-bond donors (Lipinski definition) is 1. The Kier molecular flexibility index (Phi) is 4.89. The molecule has 138 valence electrons. The quantitative estimate of drug-likeness (QED) is 0.863. The van der Waals surface area contributed by atoms with Crippen molar-refractivity contribution in [3.63, 3.8) is 0 Å². The molecule has 1 aromatic rings. The van der Waals surface area contributed by atoms with Crippen molar-refractivity contribution in [2.24, 2.45) is 5.92 Å². The van der Waals surface area contributed by atoms with Crippen molar-refractivity contribution in [2.45, 2.75) is 30.6 Å². The van der Waals surface area contributed by atoms with Gasteiger partial charge in [-0.1, -0.05) is 12.8 Å². The largest absolute Gasteiger partial charge is 0.339 e. The van der Waals surface area contributed by atoms with E-state index in [2.05, 4.69) is 5.32 Å². The van der Waals surface area contributed by atoms with E-state index < -0.39 is 0 Å². The summed E-state index contributed by atoms with van der Waals surface area (Å²) in [6, 6.07) is 5.48. The van der Waals surface area contributed by atoms with Gasteiger partial charge in [-0.2, -0.15) is 0 Å². The van der Waals surface area contributed by atoms with Gasteiger partial charge >= 0.3 is 0 Å². The SMILES string of the molecule is O=C1CSc2ccc(C(=O)N3CCN(C(=O)C4CCCC4)CC3)cc2N1. The number of carbonyl (C=O) groups is 3. The summed E-state index contributed by atoms with van der Waals surface area (Å²) in [5.74, 6) is 0.802. The van der Waals surface area contributed by atoms with Crippen molar-refractivity contribution in [1.29, 1.82) is 0 Å². The Bertz CT molecular complexity index is 738. The van der Waals surface area contributed by atoms with Gasteiger partial charge in [0.1, 0.15) is 0 Å². The first kappa shape index (κ1) is 17.4. The molecule has 6 nitrogen and oxygen atoms in total. The summed E-state index contributed by atoms with van der Waals surface area (Å²) in [5.41, 5.74) is 1.30. The van der Waals surface area contributed by atoms with Crippen molar-refractivity contribution in [2.75, 3.05) is 37.2 Å². The van der Waals surface area contributed by atoms with E-state index in [9.17, 15) is 14.4 Å². The number of nitrogens with zero attached hydrogens (tertiary/aromatic N) is 2. The molecule has 1 saturated heterocycles. The molecule has 0 unspecified atom stereocenters. The summed E-state index contributed by atoms with van der Waals surface area (Å²) in [4.78, 5) is 41.6. The van der Waals surface area contributed by atoms with Crippen LogP contribution in [0.5, 0.6) is 0 Å². The lowest BCUT2D eigenvalue weighted by Crippen LogP contribution is -2.51. The van der Waals surface area contributed by atoms with Gasteiger partial charge in [0.05, 0.1) is 11.4 Å². The average Bonchev–Trinajstić information content (AvgIpc) is 3.21. The highest BCUT2D eigenvalue weighted by atomic mass is 32.2. The van der Waals surface area contributed by atoms with Crippen LogP contribution < -0.4 is 5.32 Å². The van der Waals surface area contributed by atoms with Crippen molar-refractivity contribution in [1.82, 2.24) is 9.80 Å². The number of hydrogen-bond acceptors (Lipinski definition) is 4. The molecule has 3 amide bonds. The zero-order valence-corrected chi connectivity index (χ0v) is 15.5. The predicted octanol–water partition coefficient (Wildman–Crippen LogP) is 2.21. The van der Waals surface area contributed by atoms with Crippen LogP contribution in [0.4, 0.5) is 5.69 Å². The molecule has 1 N–H and O–H groups in total. The van der Waals surface area contributed by atoms with Crippen molar-refractivity contribution in [3.8, 4) is 0 Å². The summed E-state index contributed by atoms with van der Waals surface area (Å²) in [6.45, 7) is 2.35. The maximum atomic E-state index is 12.8. The first-order valence-corrected chi connectivity index (χ1v) is 10.2. The number of anilines is 1. The van der Waals surface area contributed by atoms with Gasteiger partial charge in [0.25, 0.3) is 5.91 Å². The second kappa shape index (κ2) is 7.31. The minimum atomic E-state index is -0.0365. The molecule has 2 heterocycles. The monoisotopic (exact) mass is 373 g/mol.